The number of hydrogen-bond acceptors (Lipinski definition) is 4. The lowest BCUT2D eigenvalue weighted by Crippen LogP contribution is -2.22. The van der Waals surface area contributed by atoms with Gasteiger partial charge in [0.15, 0.2) is 0 Å². The summed E-state index contributed by atoms with van der Waals surface area (Å²) in [6, 6.07) is 16.1. The van der Waals surface area contributed by atoms with E-state index in [0.29, 0.717) is 6.54 Å². The zero-order valence-electron chi connectivity index (χ0n) is 13.5. The van der Waals surface area contributed by atoms with Crippen LogP contribution < -0.4 is 14.8 Å². The first kappa shape index (κ1) is 17.1. The van der Waals surface area contributed by atoms with Crippen molar-refractivity contribution >= 4 is 0 Å². The predicted molar refractivity (Wildman–Crippen MR) is 92.1 cm³/mol. The summed E-state index contributed by atoms with van der Waals surface area (Å²) in [4.78, 5) is 0. The number of ether oxygens (including phenoxy) is 2. The van der Waals surface area contributed by atoms with Gasteiger partial charge in [0.1, 0.15) is 11.5 Å². The minimum atomic E-state index is 0.0511. The van der Waals surface area contributed by atoms with Crippen LogP contribution in [0, 0.1) is 0 Å². The lowest BCUT2D eigenvalue weighted by atomic mass is 9.98. The summed E-state index contributed by atoms with van der Waals surface area (Å²) in [7, 11) is 3.32. The first-order valence-corrected chi connectivity index (χ1v) is 7.55. The maximum absolute atomic E-state index is 8.84. The molecule has 0 aliphatic heterocycles. The smallest absolute Gasteiger partial charge is 0.118 e. The third kappa shape index (κ3) is 4.84. The second kappa shape index (κ2) is 8.98. The zero-order valence-corrected chi connectivity index (χ0v) is 13.5. The third-order valence-corrected chi connectivity index (χ3v) is 3.61. The van der Waals surface area contributed by atoms with Crippen molar-refractivity contribution in [3.8, 4) is 11.5 Å². The van der Waals surface area contributed by atoms with Crippen molar-refractivity contribution in [3.63, 3.8) is 0 Å². The molecule has 0 aliphatic rings. The van der Waals surface area contributed by atoms with E-state index in [4.69, 9.17) is 14.6 Å². The number of aliphatic hydroxyl groups excluding tert-OH is 1. The molecule has 0 radical (unpaired) electrons. The van der Waals surface area contributed by atoms with Crippen LogP contribution in [0.5, 0.6) is 11.5 Å². The predicted octanol–water partition coefficient (Wildman–Crippen LogP) is 2.93. The van der Waals surface area contributed by atoms with Gasteiger partial charge in [-0.05, 0) is 35.4 Å². The van der Waals surface area contributed by atoms with Gasteiger partial charge < -0.3 is 19.9 Å². The first-order chi connectivity index (χ1) is 11.3. The summed E-state index contributed by atoms with van der Waals surface area (Å²) < 4.78 is 10.4. The van der Waals surface area contributed by atoms with Crippen LogP contribution in [0.2, 0.25) is 0 Å². The van der Waals surface area contributed by atoms with Gasteiger partial charge in [0.25, 0.3) is 0 Å². The fourth-order valence-corrected chi connectivity index (χ4v) is 2.36. The maximum Gasteiger partial charge on any atom is 0.118 e. The van der Waals surface area contributed by atoms with Crippen LogP contribution in [-0.4, -0.2) is 32.5 Å². The van der Waals surface area contributed by atoms with Gasteiger partial charge in [-0.1, -0.05) is 36.4 Å². The Morgan fingerprint density at radius 3 is 1.74 bits per heavy atom. The molecule has 122 valence electrons. The highest BCUT2D eigenvalue weighted by Crippen LogP contribution is 2.25. The molecule has 0 atom stereocenters. The molecule has 0 saturated heterocycles. The fourth-order valence-electron chi connectivity index (χ4n) is 2.36. The molecule has 0 amide bonds. The molecule has 0 heterocycles. The average Bonchev–Trinajstić information content (AvgIpc) is 2.62. The Hall–Kier alpha value is -2.30. The Balaban J connectivity index is 2.23. The maximum atomic E-state index is 8.84. The summed E-state index contributed by atoms with van der Waals surface area (Å²) in [5, 5.41) is 12.3. The lowest BCUT2D eigenvalue weighted by Gasteiger charge is -2.20. The van der Waals surface area contributed by atoms with Crippen molar-refractivity contribution in [1.29, 1.82) is 0 Å². The fraction of sp³-hybridized carbons (Fsp3) is 0.263. The number of hydrogen-bond donors (Lipinski definition) is 2. The van der Waals surface area contributed by atoms with Crippen molar-refractivity contribution in [1.82, 2.24) is 5.32 Å². The lowest BCUT2D eigenvalue weighted by molar-refractivity contribution is 0.342. The van der Waals surface area contributed by atoms with Crippen molar-refractivity contribution in [2.45, 2.75) is 6.04 Å². The molecule has 0 bridgehead atoms. The highest BCUT2D eigenvalue weighted by atomic mass is 16.5. The van der Waals surface area contributed by atoms with E-state index >= 15 is 0 Å². The largest absolute Gasteiger partial charge is 0.497 e. The zero-order chi connectivity index (χ0) is 16.5. The van der Waals surface area contributed by atoms with Crippen molar-refractivity contribution < 1.29 is 14.6 Å². The molecule has 2 aromatic rings. The minimum absolute atomic E-state index is 0.0511. The molecule has 4 nitrogen and oxygen atoms in total. The van der Waals surface area contributed by atoms with Gasteiger partial charge in [0.2, 0.25) is 0 Å². The summed E-state index contributed by atoms with van der Waals surface area (Å²) in [6.45, 7) is 0.723. The van der Waals surface area contributed by atoms with Crippen molar-refractivity contribution in [2.75, 3.05) is 27.4 Å². The number of methoxy groups -OCH3 is 2. The van der Waals surface area contributed by atoms with Crippen LogP contribution in [0.3, 0.4) is 0 Å². The van der Waals surface area contributed by atoms with Crippen molar-refractivity contribution in [2.24, 2.45) is 0 Å². The summed E-state index contributed by atoms with van der Waals surface area (Å²) in [5.74, 6) is 1.67. The Labute approximate surface area is 137 Å². The Bertz CT molecular complexity index is 558. The van der Waals surface area contributed by atoms with E-state index < -0.39 is 0 Å². The molecule has 2 rings (SSSR count). The van der Waals surface area contributed by atoms with Gasteiger partial charge >= 0.3 is 0 Å². The van der Waals surface area contributed by atoms with E-state index in [0.717, 1.165) is 22.6 Å². The normalized spacial score (nSPS) is 11.1. The van der Waals surface area contributed by atoms with Crippen molar-refractivity contribution in [3.05, 3.63) is 71.8 Å². The van der Waals surface area contributed by atoms with Crippen LogP contribution in [0.4, 0.5) is 0 Å². The summed E-state index contributed by atoms with van der Waals surface area (Å²) >= 11 is 0. The quantitative estimate of drug-likeness (QED) is 0.736. The molecule has 0 fully saturated rings. The molecule has 23 heavy (non-hydrogen) atoms. The topological polar surface area (TPSA) is 50.7 Å². The van der Waals surface area contributed by atoms with Crippen LogP contribution in [0.15, 0.2) is 60.7 Å². The second-order valence-electron chi connectivity index (χ2n) is 5.04. The average molecular weight is 313 g/mol. The molecule has 0 aromatic heterocycles. The summed E-state index contributed by atoms with van der Waals surface area (Å²) in [5.41, 5.74) is 2.29. The van der Waals surface area contributed by atoms with Crippen LogP contribution in [-0.2, 0) is 0 Å². The van der Waals surface area contributed by atoms with Crippen LogP contribution in [0.1, 0.15) is 17.2 Å². The molecule has 2 aromatic carbocycles. The van der Waals surface area contributed by atoms with Gasteiger partial charge in [0, 0.05) is 6.54 Å². The summed E-state index contributed by atoms with van der Waals surface area (Å²) in [6.07, 6.45) is 3.64. The molecule has 0 unspecified atom stereocenters. The van der Waals surface area contributed by atoms with E-state index in [2.05, 4.69) is 29.6 Å². The van der Waals surface area contributed by atoms with Gasteiger partial charge in [0.05, 0.1) is 26.9 Å². The van der Waals surface area contributed by atoms with E-state index in [1.807, 2.05) is 30.3 Å². The Morgan fingerprint density at radius 1 is 0.870 bits per heavy atom. The van der Waals surface area contributed by atoms with Gasteiger partial charge in [-0.15, -0.1) is 0 Å². The first-order valence-electron chi connectivity index (χ1n) is 7.55. The number of nitrogens with one attached hydrogen (secondary N) is 1. The number of aliphatic hydroxyl groups is 1. The molecule has 2 N–H and O–H groups in total. The standard InChI is InChI=1S/C19H23NO3/c1-22-17-9-5-15(6-10-17)19(20-13-3-4-14-21)16-7-11-18(23-2)12-8-16/h3-12,19-21H,13-14H2,1-2H3/b4-3-. The Morgan fingerprint density at radius 2 is 1.35 bits per heavy atom. The molecule has 0 saturated carbocycles. The van der Waals surface area contributed by atoms with E-state index in [1.54, 1.807) is 20.3 Å². The van der Waals surface area contributed by atoms with Gasteiger partial charge in [-0.25, -0.2) is 0 Å². The minimum Gasteiger partial charge on any atom is -0.497 e. The highest BCUT2D eigenvalue weighted by Gasteiger charge is 2.13. The van der Waals surface area contributed by atoms with Crippen LogP contribution in [0.25, 0.3) is 0 Å². The number of rotatable bonds is 8. The molecular formula is C19H23NO3. The highest BCUT2D eigenvalue weighted by molar-refractivity contribution is 5.37. The number of benzene rings is 2. The molecule has 0 spiro atoms. The van der Waals surface area contributed by atoms with Crippen LogP contribution >= 0.6 is 0 Å². The second-order valence-corrected chi connectivity index (χ2v) is 5.04. The Kier molecular flexibility index (Phi) is 6.66. The SMILES string of the molecule is COc1ccc(C(NC/C=C\CO)c2ccc(OC)cc2)cc1. The van der Waals surface area contributed by atoms with Gasteiger partial charge in [-0.3, -0.25) is 0 Å². The molecule has 4 heteroatoms. The molecule has 0 aliphatic carbocycles. The molecular weight excluding hydrogens is 290 g/mol. The van der Waals surface area contributed by atoms with E-state index in [1.165, 1.54) is 0 Å². The van der Waals surface area contributed by atoms with Gasteiger partial charge in [-0.2, -0.15) is 0 Å². The van der Waals surface area contributed by atoms with E-state index in [-0.39, 0.29) is 12.6 Å². The monoisotopic (exact) mass is 313 g/mol. The third-order valence-electron chi connectivity index (χ3n) is 3.61. The van der Waals surface area contributed by atoms with E-state index in [9.17, 15) is 0 Å².